The standard InChI is InChI=1S/C18H15FO2/c1-21-17-9-8-15(11-16(17)19)18(20)14-7-6-12-4-2-3-5-13(12)10-14/h2-11,18,20H,1H3. The summed E-state index contributed by atoms with van der Waals surface area (Å²) in [5, 5.41) is 12.6. The smallest absolute Gasteiger partial charge is 0.165 e. The van der Waals surface area contributed by atoms with Crippen molar-refractivity contribution in [1.82, 2.24) is 0 Å². The summed E-state index contributed by atoms with van der Waals surface area (Å²) in [5.41, 5.74) is 1.24. The Morgan fingerprint density at radius 2 is 1.57 bits per heavy atom. The van der Waals surface area contributed by atoms with Gasteiger partial charge in [0.25, 0.3) is 0 Å². The second-order valence-electron chi connectivity index (χ2n) is 4.90. The second-order valence-corrected chi connectivity index (χ2v) is 4.90. The Morgan fingerprint density at radius 3 is 2.29 bits per heavy atom. The summed E-state index contributed by atoms with van der Waals surface area (Å²) in [6.45, 7) is 0. The third-order valence-electron chi connectivity index (χ3n) is 3.58. The highest BCUT2D eigenvalue weighted by Crippen LogP contribution is 2.28. The molecule has 0 aliphatic rings. The fourth-order valence-electron chi connectivity index (χ4n) is 2.42. The number of rotatable bonds is 3. The molecule has 1 unspecified atom stereocenters. The molecule has 0 spiro atoms. The van der Waals surface area contributed by atoms with Gasteiger partial charge < -0.3 is 9.84 Å². The Bertz CT molecular complexity index is 783. The van der Waals surface area contributed by atoms with Crippen LogP contribution in [0.2, 0.25) is 0 Å². The first-order chi connectivity index (χ1) is 10.2. The lowest BCUT2D eigenvalue weighted by Gasteiger charge is -2.13. The van der Waals surface area contributed by atoms with E-state index in [0.29, 0.717) is 5.56 Å². The highest BCUT2D eigenvalue weighted by Gasteiger charge is 2.13. The molecule has 0 amide bonds. The molecule has 1 N–H and O–H groups in total. The molecule has 2 nitrogen and oxygen atoms in total. The lowest BCUT2D eigenvalue weighted by molar-refractivity contribution is 0.219. The molecule has 0 fully saturated rings. The maximum Gasteiger partial charge on any atom is 0.165 e. The highest BCUT2D eigenvalue weighted by molar-refractivity contribution is 5.83. The summed E-state index contributed by atoms with van der Waals surface area (Å²) >= 11 is 0. The minimum atomic E-state index is -0.866. The van der Waals surface area contributed by atoms with E-state index in [-0.39, 0.29) is 5.75 Å². The van der Waals surface area contributed by atoms with Gasteiger partial charge in [0, 0.05) is 0 Å². The third kappa shape index (κ3) is 2.60. The van der Waals surface area contributed by atoms with Gasteiger partial charge in [0.15, 0.2) is 11.6 Å². The molecule has 0 heterocycles. The Hall–Kier alpha value is -2.39. The molecule has 3 aromatic carbocycles. The largest absolute Gasteiger partial charge is 0.494 e. The van der Waals surface area contributed by atoms with Gasteiger partial charge in [-0.05, 0) is 40.1 Å². The zero-order valence-electron chi connectivity index (χ0n) is 11.6. The van der Waals surface area contributed by atoms with E-state index in [4.69, 9.17) is 4.74 Å². The van der Waals surface area contributed by atoms with Crippen molar-refractivity contribution in [1.29, 1.82) is 0 Å². The average molecular weight is 282 g/mol. The molecule has 0 saturated heterocycles. The predicted molar refractivity (Wildman–Crippen MR) is 81.0 cm³/mol. The van der Waals surface area contributed by atoms with Crippen molar-refractivity contribution in [2.75, 3.05) is 7.11 Å². The van der Waals surface area contributed by atoms with Gasteiger partial charge in [0.1, 0.15) is 6.10 Å². The van der Waals surface area contributed by atoms with E-state index >= 15 is 0 Å². The predicted octanol–water partition coefficient (Wildman–Crippen LogP) is 4.07. The first kappa shape index (κ1) is 13.6. The molecule has 1 atom stereocenters. The van der Waals surface area contributed by atoms with E-state index in [1.165, 1.54) is 19.2 Å². The van der Waals surface area contributed by atoms with E-state index < -0.39 is 11.9 Å². The summed E-state index contributed by atoms with van der Waals surface area (Å²) in [5.74, 6) is -0.306. The number of aliphatic hydroxyl groups is 1. The Kier molecular flexibility index (Phi) is 3.59. The molecule has 3 aromatic rings. The van der Waals surface area contributed by atoms with Crippen molar-refractivity contribution in [3.63, 3.8) is 0 Å². The lowest BCUT2D eigenvalue weighted by atomic mass is 9.98. The number of halogens is 1. The fourth-order valence-corrected chi connectivity index (χ4v) is 2.42. The number of methoxy groups -OCH3 is 1. The van der Waals surface area contributed by atoms with Crippen LogP contribution < -0.4 is 4.74 Å². The molecule has 0 aliphatic carbocycles. The first-order valence-electron chi connectivity index (χ1n) is 6.69. The van der Waals surface area contributed by atoms with Crippen molar-refractivity contribution in [2.45, 2.75) is 6.10 Å². The summed E-state index contributed by atoms with van der Waals surface area (Å²) in [4.78, 5) is 0. The van der Waals surface area contributed by atoms with Gasteiger partial charge in [-0.2, -0.15) is 0 Å². The van der Waals surface area contributed by atoms with Crippen LogP contribution in [0.15, 0.2) is 60.7 Å². The quantitative estimate of drug-likeness (QED) is 0.784. The lowest BCUT2D eigenvalue weighted by Crippen LogP contribution is -2.01. The van der Waals surface area contributed by atoms with Gasteiger partial charge in [-0.3, -0.25) is 0 Å². The minimum Gasteiger partial charge on any atom is -0.494 e. The van der Waals surface area contributed by atoms with Crippen molar-refractivity contribution in [3.05, 3.63) is 77.6 Å². The number of hydrogen-bond acceptors (Lipinski definition) is 2. The Morgan fingerprint density at radius 1 is 0.905 bits per heavy atom. The summed E-state index contributed by atoms with van der Waals surface area (Å²) in [6, 6.07) is 18.1. The van der Waals surface area contributed by atoms with Crippen molar-refractivity contribution >= 4 is 10.8 Å². The monoisotopic (exact) mass is 282 g/mol. The molecular formula is C18H15FO2. The van der Waals surface area contributed by atoms with Gasteiger partial charge >= 0.3 is 0 Å². The first-order valence-corrected chi connectivity index (χ1v) is 6.69. The van der Waals surface area contributed by atoms with Gasteiger partial charge in [0.05, 0.1) is 7.11 Å². The molecule has 3 heteroatoms. The molecule has 3 rings (SSSR count). The van der Waals surface area contributed by atoms with E-state index in [2.05, 4.69) is 0 Å². The number of ether oxygens (including phenoxy) is 1. The molecule has 21 heavy (non-hydrogen) atoms. The fraction of sp³-hybridized carbons (Fsp3) is 0.111. The van der Waals surface area contributed by atoms with Gasteiger partial charge in [0.2, 0.25) is 0 Å². The van der Waals surface area contributed by atoms with Crippen LogP contribution in [0.4, 0.5) is 4.39 Å². The number of hydrogen-bond donors (Lipinski definition) is 1. The molecular weight excluding hydrogens is 267 g/mol. The van der Waals surface area contributed by atoms with Crippen LogP contribution >= 0.6 is 0 Å². The highest BCUT2D eigenvalue weighted by atomic mass is 19.1. The normalized spacial score (nSPS) is 12.3. The zero-order valence-corrected chi connectivity index (χ0v) is 11.6. The topological polar surface area (TPSA) is 29.5 Å². The van der Waals surface area contributed by atoms with Crippen molar-refractivity contribution < 1.29 is 14.2 Å². The maximum absolute atomic E-state index is 13.7. The van der Waals surface area contributed by atoms with Crippen LogP contribution in [0.3, 0.4) is 0 Å². The number of benzene rings is 3. The van der Waals surface area contributed by atoms with Crippen LogP contribution in [-0.2, 0) is 0 Å². The van der Waals surface area contributed by atoms with Gasteiger partial charge in [-0.1, -0.05) is 42.5 Å². The third-order valence-corrected chi connectivity index (χ3v) is 3.58. The molecule has 106 valence electrons. The SMILES string of the molecule is COc1ccc(C(O)c2ccc3ccccc3c2)cc1F. The number of aliphatic hydroxyl groups excluding tert-OH is 1. The molecule has 0 saturated carbocycles. The second kappa shape index (κ2) is 5.54. The Labute approximate surface area is 122 Å². The van der Waals surface area contributed by atoms with E-state index in [1.807, 2.05) is 42.5 Å². The number of fused-ring (bicyclic) bond motifs is 1. The Balaban J connectivity index is 1.99. The van der Waals surface area contributed by atoms with E-state index in [1.54, 1.807) is 6.07 Å². The van der Waals surface area contributed by atoms with E-state index in [0.717, 1.165) is 16.3 Å². The van der Waals surface area contributed by atoms with Crippen LogP contribution in [-0.4, -0.2) is 12.2 Å². The molecule has 0 bridgehead atoms. The van der Waals surface area contributed by atoms with Crippen LogP contribution in [0.1, 0.15) is 17.2 Å². The van der Waals surface area contributed by atoms with Crippen LogP contribution in [0, 0.1) is 5.82 Å². The summed E-state index contributed by atoms with van der Waals surface area (Å²) in [7, 11) is 1.41. The average Bonchev–Trinajstić information content (AvgIpc) is 2.53. The van der Waals surface area contributed by atoms with Gasteiger partial charge in [-0.15, -0.1) is 0 Å². The van der Waals surface area contributed by atoms with Crippen molar-refractivity contribution in [2.24, 2.45) is 0 Å². The van der Waals surface area contributed by atoms with Gasteiger partial charge in [-0.25, -0.2) is 4.39 Å². The summed E-state index contributed by atoms with van der Waals surface area (Å²) in [6.07, 6.45) is -0.866. The van der Waals surface area contributed by atoms with E-state index in [9.17, 15) is 9.50 Å². The van der Waals surface area contributed by atoms with Crippen LogP contribution in [0.5, 0.6) is 5.75 Å². The van der Waals surface area contributed by atoms with Crippen LogP contribution in [0.25, 0.3) is 10.8 Å². The summed E-state index contributed by atoms with van der Waals surface area (Å²) < 4.78 is 18.6. The molecule has 0 aromatic heterocycles. The molecule has 0 aliphatic heterocycles. The minimum absolute atomic E-state index is 0.171. The zero-order chi connectivity index (χ0) is 14.8. The molecule has 0 radical (unpaired) electrons. The maximum atomic E-state index is 13.7. The van der Waals surface area contributed by atoms with Crippen molar-refractivity contribution in [3.8, 4) is 5.75 Å².